The fourth-order valence-electron chi connectivity index (χ4n) is 2.30. The van der Waals surface area contributed by atoms with Gasteiger partial charge in [0.1, 0.15) is 0 Å². The first kappa shape index (κ1) is 13.5. The normalized spacial score (nSPS) is 24.6. The highest BCUT2D eigenvalue weighted by molar-refractivity contribution is 5.78. The van der Waals surface area contributed by atoms with Crippen LogP contribution in [0.1, 0.15) is 40.0 Å². The molecule has 0 aromatic carbocycles. The summed E-state index contributed by atoms with van der Waals surface area (Å²) in [6.45, 7) is 7.39. The van der Waals surface area contributed by atoms with Crippen LogP contribution in [0.15, 0.2) is 0 Å². The predicted octanol–water partition coefficient (Wildman–Crippen LogP) is 0.652. The molecular weight excluding hydrogens is 204 g/mol. The van der Waals surface area contributed by atoms with E-state index in [2.05, 4.69) is 24.5 Å². The van der Waals surface area contributed by atoms with Crippen molar-refractivity contribution < 1.29 is 9.90 Å². The Kier molecular flexibility index (Phi) is 4.74. The molecule has 94 valence electrons. The van der Waals surface area contributed by atoms with Gasteiger partial charge in [-0.2, -0.15) is 0 Å². The lowest BCUT2D eigenvalue weighted by atomic mass is 9.94. The van der Waals surface area contributed by atoms with Gasteiger partial charge in [-0.3, -0.25) is 4.79 Å². The molecule has 3 N–H and O–H groups in total. The van der Waals surface area contributed by atoms with E-state index >= 15 is 0 Å². The summed E-state index contributed by atoms with van der Waals surface area (Å²) < 4.78 is 0. The third kappa shape index (κ3) is 4.94. The Bertz CT molecular complexity index is 239. The molecule has 1 rings (SSSR count). The molecule has 4 nitrogen and oxygen atoms in total. The highest BCUT2D eigenvalue weighted by atomic mass is 16.3. The summed E-state index contributed by atoms with van der Waals surface area (Å²) in [5.41, 5.74) is -0.656. The van der Waals surface area contributed by atoms with Crippen molar-refractivity contribution in [3.63, 3.8) is 0 Å². The van der Waals surface area contributed by atoms with Crippen LogP contribution in [-0.4, -0.2) is 35.7 Å². The van der Waals surface area contributed by atoms with E-state index < -0.39 is 5.60 Å². The highest BCUT2D eigenvalue weighted by Crippen LogP contribution is 2.15. The first-order valence-electron chi connectivity index (χ1n) is 6.11. The molecule has 0 radical (unpaired) electrons. The fraction of sp³-hybridized carbons (Fsp3) is 0.917. The topological polar surface area (TPSA) is 61.4 Å². The Balaban J connectivity index is 2.16. The number of carbonyl (C=O) groups excluding carboxylic acids is 1. The third-order valence-electron chi connectivity index (χ3n) is 2.83. The molecular formula is C12H24N2O2. The molecule has 1 heterocycles. The Hall–Kier alpha value is -0.610. The van der Waals surface area contributed by atoms with Gasteiger partial charge in [0.15, 0.2) is 0 Å². The van der Waals surface area contributed by atoms with Crippen molar-refractivity contribution >= 4 is 5.91 Å². The largest absolute Gasteiger partial charge is 0.389 e. The van der Waals surface area contributed by atoms with Crippen molar-refractivity contribution in [2.45, 2.75) is 51.7 Å². The zero-order valence-corrected chi connectivity index (χ0v) is 10.5. The van der Waals surface area contributed by atoms with E-state index in [4.69, 9.17) is 0 Å². The molecule has 4 heteroatoms. The van der Waals surface area contributed by atoms with E-state index in [9.17, 15) is 9.90 Å². The van der Waals surface area contributed by atoms with E-state index in [1.165, 1.54) is 0 Å². The van der Waals surface area contributed by atoms with E-state index in [-0.39, 0.29) is 11.9 Å². The molecule has 1 saturated heterocycles. The molecule has 0 saturated carbocycles. The average molecular weight is 228 g/mol. The molecule has 1 aliphatic rings. The molecule has 0 aliphatic carbocycles. The Morgan fingerprint density at radius 1 is 1.62 bits per heavy atom. The molecule has 2 unspecified atom stereocenters. The van der Waals surface area contributed by atoms with Crippen molar-refractivity contribution in [1.29, 1.82) is 0 Å². The van der Waals surface area contributed by atoms with Gasteiger partial charge in [-0.25, -0.2) is 0 Å². The second-order valence-corrected chi connectivity index (χ2v) is 5.53. The fourth-order valence-corrected chi connectivity index (χ4v) is 2.30. The maximum absolute atomic E-state index is 11.0. The summed E-state index contributed by atoms with van der Waals surface area (Å²) >= 11 is 0. The van der Waals surface area contributed by atoms with Crippen LogP contribution in [0.2, 0.25) is 0 Å². The molecule has 0 aromatic heterocycles. The van der Waals surface area contributed by atoms with E-state index in [0.717, 1.165) is 19.4 Å². The minimum atomic E-state index is -0.656. The standard InChI is InChI=1S/C12H24N2O2/c1-9(2)6-12(3,16)8-13-7-10-4-5-11(15)14-10/h9-10,13,16H,4-8H2,1-3H3,(H,14,15). The first-order chi connectivity index (χ1) is 7.39. The minimum absolute atomic E-state index is 0.140. The van der Waals surface area contributed by atoms with E-state index in [1.54, 1.807) is 0 Å². The van der Waals surface area contributed by atoms with Crippen molar-refractivity contribution in [3.05, 3.63) is 0 Å². The number of amides is 1. The molecule has 1 aliphatic heterocycles. The molecule has 0 bridgehead atoms. The summed E-state index contributed by atoms with van der Waals surface area (Å²) in [7, 11) is 0. The number of hydrogen-bond acceptors (Lipinski definition) is 3. The third-order valence-corrected chi connectivity index (χ3v) is 2.83. The van der Waals surface area contributed by atoms with Gasteiger partial charge in [0.25, 0.3) is 0 Å². The lowest BCUT2D eigenvalue weighted by molar-refractivity contribution is -0.119. The van der Waals surface area contributed by atoms with Gasteiger partial charge < -0.3 is 15.7 Å². The zero-order valence-electron chi connectivity index (χ0n) is 10.5. The van der Waals surface area contributed by atoms with Crippen LogP contribution < -0.4 is 10.6 Å². The van der Waals surface area contributed by atoms with Gasteiger partial charge in [-0.1, -0.05) is 13.8 Å². The Morgan fingerprint density at radius 2 is 2.31 bits per heavy atom. The van der Waals surface area contributed by atoms with Gasteiger partial charge in [-0.15, -0.1) is 0 Å². The summed E-state index contributed by atoms with van der Waals surface area (Å²) in [5.74, 6) is 0.628. The molecule has 16 heavy (non-hydrogen) atoms. The van der Waals surface area contributed by atoms with Crippen LogP contribution in [0.5, 0.6) is 0 Å². The Labute approximate surface area is 97.8 Å². The Morgan fingerprint density at radius 3 is 2.81 bits per heavy atom. The first-order valence-corrected chi connectivity index (χ1v) is 6.11. The quantitative estimate of drug-likeness (QED) is 0.625. The lowest BCUT2D eigenvalue weighted by Crippen LogP contribution is -2.43. The van der Waals surface area contributed by atoms with Gasteiger partial charge in [-0.05, 0) is 25.7 Å². The van der Waals surface area contributed by atoms with Crippen LogP contribution in [0.3, 0.4) is 0 Å². The molecule has 0 aromatic rings. The van der Waals surface area contributed by atoms with Gasteiger partial charge in [0.2, 0.25) is 5.91 Å². The SMILES string of the molecule is CC(C)CC(C)(O)CNCC1CCC(=O)N1. The highest BCUT2D eigenvalue weighted by Gasteiger charge is 2.24. The van der Waals surface area contributed by atoms with Crippen LogP contribution in [0.25, 0.3) is 0 Å². The smallest absolute Gasteiger partial charge is 0.220 e. The van der Waals surface area contributed by atoms with Crippen LogP contribution in [0, 0.1) is 5.92 Å². The molecule has 2 atom stereocenters. The number of hydrogen-bond donors (Lipinski definition) is 3. The van der Waals surface area contributed by atoms with Gasteiger partial charge >= 0.3 is 0 Å². The number of rotatable bonds is 6. The van der Waals surface area contributed by atoms with Crippen LogP contribution >= 0.6 is 0 Å². The summed E-state index contributed by atoms with van der Waals surface area (Å²) in [4.78, 5) is 11.0. The van der Waals surface area contributed by atoms with Gasteiger partial charge in [0, 0.05) is 25.6 Å². The monoisotopic (exact) mass is 228 g/mol. The predicted molar refractivity (Wildman–Crippen MR) is 64.1 cm³/mol. The molecule has 1 amide bonds. The number of nitrogens with one attached hydrogen (secondary N) is 2. The van der Waals surface area contributed by atoms with Crippen molar-refractivity contribution in [2.24, 2.45) is 5.92 Å². The van der Waals surface area contributed by atoms with E-state index in [0.29, 0.717) is 18.9 Å². The second-order valence-electron chi connectivity index (χ2n) is 5.53. The second kappa shape index (κ2) is 5.64. The van der Waals surface area contributed by atoms with Crippen molar-refractivity contribution in [3.8, 4) is 0 Å². The van der Waals surface area contributed by atoms with Crippen LogP contribution in [0.4, 0.5) is 0 Å². The van der Waals surface area contributed by atoms with Crippen molar-refractivity contribution in [1.82, 2.24) is 10.6 Å². The maximum Gasteiger partial charge on any atom is 0.220 e. The maximum atomic E-state index is 11.0. The number of carbonyl (C=O) groups is 1. The van der Waals surface area contributed by atoms with Gasteiger partial charge in [0.05, 0.1) is 5.60 Å². The van der Waals surface area contributed by atoms with E-state index in [1.807, 2.05) is 6.92 Å². The van der Waals surface area contributed by atoms with Crippen molar-refractivity contribution in [2.75, 3.05) is 13.1 Å². The lowest BCUT2D eigenvalue weighted by Gasteiger charge is -2.26. The molecule has 1 fully saturated rings. The summed E-state index contributed by atoms with van der Waals surface area (Å²) in [6.07, 6.45) is 2.32. The van der Waals surface area contributed by atoms with Crippen LogP contribution in [-0.2, 0) is 4.79 Å². The summed E-state index contributed by atoms with van der Waals surface area (Å²) in [6, 6.07) is 0.238. The molecule has 0 spiro atoms. The minimum Gasteiger partial charge on any atom is -0.389 e. The number of aliphatic hydroxyl groups is 1. The average Bonchev–Trinajstić information content (AvgIpc) is 2.48. The zero-order chi connectivity index (χ0) is 12.2. The summed E-state index contributed by atoms with van der Waals surface area (Å²) in [5, 5.41) is 16.2.